The number of halogens is 1. The lowest BCUT2D eigenvalue weighted by atomic mass is 10.1. The first-order valence-corrected chi connectivity index (χ1v) is 6.19. The number of carbonyl (C=O) groups excluding carboxylic acids is 2. The molecule has 0 saturated carbocycles. The Morgan fingerprint density at radius 3 is 2.38 bits per heavy atom. The van der Waals surface area contributed by atoms with Crippen LogP contribution in [-0.2, 0) is 11.2 Å². The van der Waals surface area contributed by atoms with E-state index in [2.05, 4.69) is 5.32 Å². The minimum Gasteiger partial charge on any atom is -0.398 e. The van der Waals surface area contributed by atoms with Crippen LogP contribution < -0.4 is 16.8 Å². The van der Waals surface area contributed by atoms with Crippen LogP contribution in [0.1, 0.15) is 15.9 Å². The van der Waals surface area contributed by atoms with Crippen molar-refractivity contribution in [1.82, 2.24) is 0 Å². The molecule has 108 valence electrons. The van der Waals surface area contributed by atoms with Crippen LogP contribution in [0.5, 0.6) is 0 Å². The van der Waals surface area contributed by atoms with Gasteiger partial charge < -0.3 is 16.8 Å². The highest BCUT2D eigenvalue weighted by atomic mass is 19.1. The van der Waals surface area contributed by atoms with E-state index in [0.717, 1.165) is 11.6 Å². The van der Waals surface area contributed by atoms with Gasteiger partial charge in [0, 0.05) is 11.4 Å². The molecule has 2 aromatic rings. The number of carbonyl (C=O) groups is 2. The van der Waals surface area contributed by atoms with E-state index in [4.69, 9.17) is 11.5 Å². The van der Waals surface area contributed by atoms with Gasteiger partial charge in [0.05, 0.1) is 12.0 Å². The Kier molecular flexibility index (Phi) is 4.18. The summed E-state index contributed by atoms with van der Waals surface area (Å²) in [6, 6.07) is 10.2. The van der Waals surface area contributed by atoms with Gasteiger partial charge >= 0.3 is 0 Å². The Hall–Kier alpha value is -2.89. The number of anilines is 2. The molecule has 0 unspecified atom stereocenters. The average molecular weight is 287 g/mol. The van der Waals surface area contributed by atoms with E-state index in [9.17, 15) is 14.0 Å². The van der Waals surface area contributed by atoms with E-state index < -0.39 is 17.6 Å². The van der Waals surface area contributed by atoms with Crippen LogP contribution in [0.15, 0.2) is 42.5 Å². The second kappa shape index (κ2) is 6.04. The van der Waals surface area contributed by atoms with Crippen LogP contribution in [0.2, 0.25) is 0 Å². The molecule has 2 amide bonds. The molecule has 0 bridgehead atoms. The number of rotatable bonds is 4. The summed E-state index contributed by atoms with van der Waals surface area (Å²) in [5.41, 5.74) is 12.2. The Bertz CT molecular complexity index is 684. The third-order valence-corrected chi connectivity index (χ3v) is 2.85. The van der Waals surface area contributed by atoms with Crippen LogP contribution in [0.4, 0.5) is 15.8 Å². The summed E-state index contributed by atoms with van der Waals surface area (Å²) in [5.74, 6) is -1.47. The van der Waals surface area contributed by atoms with E-state index >= 15 is 0 Å². The average Bonchev–Trinajstić information content (AvgIpc) is 2.43. The predicted molar refractivity (Wildman–Crippen MR) is 78.1 cm³/mol. The molecule has 21 heavy (non-hydrogen) atoms. The summed E-state index contributed by atoms with van der Waals surface area (Å²) < 4.78 is 13.1. The summed E-state index contributed by atoms with van der Waals surface area (Å²) in [4.78, 5) is 22.8. The fourth-order valence-electron chi connectivity index (χ4n) is 1.83. The molecular formula is C15H14FN3O2. The lowest BCUT2D eigenvalue weighted by Crippen LogP contribution is -2.15. The van der Waals surface area contributed by atoms with Gasteiger partial charge in [-0.15, -0.1) is 0 Å². The van der Waals surface area contributed by atoms with Crippen molar-refractivity contribution >= 4 is 23.2 Å². The SMILES string of the molecule is NC(=O)Cc1ccc(NC(=O)c2cc(F)ccc2N)cc1. The van der Waals surface area contributed by atoms with Crippen molar-refractivity contribution in [3.05, 3.63) is 59.4 Å². The molecule has 0 spiro atoms. The van der Waals surface area contributed by atoms with Crippen molar-refractivity contribution in [3.63, 3.8) is 0 Å². The first kappa shape index (κ1) is 14.5. The van der Waals surface area contributed by atoms with Crippen molar-refractivity contribution in [2.75, 3.05) is 11.1 Å². The molecule has 5 nitrogen and oxygen atoms in total. The second-order valence-electron chi connectivity index (χ2n) is 4.53. The number of hydrogen-bond donors (Lipinski definition) is 3. The van der Waals surface area contributed by atoms with Gasteiger partial charge in [-0.1, -0.05) is 12.1 Å². The summed E-state index contributed by atoms with van der Waals surface area (Å²) in [6.45, 7) is 0. The standard InChI is InChI=1S/C15H14FN3O2/c16-10-3-6-13(17)12(8-10)15(21)19-11-4-1-9(2-5-11)7-14(18)20/h1-6,8H,7,17H2,(H2,18,20)(H,19,21). The maximum atomic E-state index is 13.1. The lowest BCUT2D eigenvalue weighted by Gasteiger charge is -2.08. The smallest absolute Gasteiger partial charge is 0.257 e. The van der Waals surface area contributed by atoms with Gasteiger partial charge in [0.1, 0.15) is 5.82 Å². The molecule has 5 N–H and O–H groups in total. The second-order valence-corrected chi connectivity index (χ2v) is 4.53. The summed E-state index contributed by atoms with van der Waals surface area (Å²) in [7, 11) is 0. The third-order valence-electron chi connectivity index (χ3n) is 2.85. The number of nitrogen functional groups attached to an aromatic ring is 1. The molecule has 2 aromatic carbocycles. The van der Waals surface area contributed by atoms with Crippen molar-refractivity contribution in [3.8, 4) is 0 Å². The van der Waals surface area contributed by atoms with Crippen molar-refractivity contribution in [1.29, 1.82) is 0 Å². The number of primary amides is 1. The number of nitrogens with two attached hydrogens (primary N) is 2. The molecule has 0 aliphatic heterocycles. The molecule has 0 saturated heterocycles. The molecule has 2 rings (SSSR count). The zero-order chi connectivity index (χ0) is 15.4. The zero-order valence-electron chi connectivity index (χ0n) is 11.1. The Balaban J connectivity index is 2.12. The Labute approximate surface area is 120 Å². The molecular weight excluding hydrogens is 273 g/mol. The highest BCUT2D eigenvalue weighted by Crippen LogP contribution is 2.16. The number of benzene rings is 2. The van der Waals surface area contributed by atoms with E-state index in [1.54, 1.807) is 24.3 Å². The molecule has 0 fully saturated rings. The van der Waals surface area contributed by atoms with E-state index in [1.165, 1.54) is 12.1 Å². The number of nitrogens with one attached hydrogen (secondary N) is 1. The molecule has 0 heterocycles. The van der Waals surface area contributed by atoms with Gasteiger partial charge in [0.25, 0.3) is 5.91 Å². The summed E-state index contributed by atoms with van der Waals surface area (Å²) in [6.07, 6.45) is 0.130. The van der Waals surface area contributed by atoms with Gasteiger partial charge in [-0.05, 0) is 35.9 Å². The Morgan fingerprint density at radius 1 is 1.10 bits per heavy atom. The van der Waals surface area contributed by atoms with Crippen molar-refractivity contribution in [2.45, 2.75) is 6.42 Å². The quantitative estimate of drug-likeness (QED) is 0.746. The van der Waals surface area contributed by atoms with E-state index in [0.29, 0.717) is 5.69 Å². The normalized spacial score (nSPS) is 10.1. The van der Waals surface area contributed by atoms with Gasteiger partial charge in [-0.25, -0.2) is 4.39 Å². The third kappa shape index (κ3) is 3.79. The highest BCUT2D eigenvalue weighted by molar-refractivity contribution is 6.07. The minimum absolute atomic E-state index is 0.0659. The fourth-order valence-corrected chi connectivity index (χ4v) is 1.83. The molecule has 0 aliphatic carbocycles. The zero-order valence-corrected chi connectivity index (χ0v) is 11.1. The number of amides is 2. The summed E-state index contributed by atoms with van der Waals surface area (Å²) >= 11 is 0. The highest BCUT2D eigenvalue weighted by Gasteiger charge is 2.11. The maximum Gasteiger partial charge on any atom is 0.257 e. The molecule has 0 aromatic heterocycles. The van der Waals surface area contributed by atoms with Gasteiger partial charge in [-0.2, -0.15) is 0 Å². The fraction of sp³-hybridized carbons (Fsp3) is 0.0667. The van der Waals surface area contributed by atoms with Crippen LogP contribution in [0.25, 0.3) is 0 Å². The largest absolute Gasteiger partial charge is 0.398 e. The molecule has 0 radical (unpaired) electrons. The van der Waals surface area contributed by atoms with Gasteiger partial charge in [0.15, 0.2) is 0 Å². The number of hydrogen-bond acceptors (Lipinski definition) is 3. The minimum atomic E-state index is -0.536. The van der Waals surface area contributed by atoms with E-state index in [-0.39, 0.29) is 17.7 Å². The summed E-state index contributed by atoms with van der Waals surface area (Å²) in [5, 5.41) is 2.61. The van der Waals surface area contributed by atoms with Crippen LogP contribution in [0, 0.1) is 5.82 Å². The Morgan fingerprint density at radius 2 is 1.76 bits per heavy atom. The molecule has 0 aliphatic rings. The monoisotopic (exact) mass is 287 g/mol. The van der Waals surface area contributed by atoms with Gasteiger partial charge in [-0.3, -0.25) is 9.59 Å². The first-order valence-electron chi connectivity index (χ1n) is 6.19. The van der Waals surface area contributed by atoms with Gasteiger partial charge in [0.2, 0.25) is 5.91 Å². The maximum absolute atomic E-state index is 13.1. The molecule has 0 atom stereocenters. The van der Waals surface area contributed by atoms with Crippen LogP contribution in [0.3, 0.4) is 0 Å². The first-order chi connectivity index (χ1) is 9.95. The van der Waals surface area contributed by atoms with Crippen molar-refractivity contribution in [2.24, 2.45) is 5.73 Å². The topological polar surface area (TPSA) is 98.2 Å². The van der Waals surface area contributed by atoms with Crippen LogP contribution in [-0.4, -0.2) is 11.8 Å². The molecule has 6 heteroatoms. The predicted octanol–water partition coefficient (Wildman–Crippen LogP) is 1.69. The van der Waals surface area contributed by atoms with Crippen molar-refractivity contribution < 1.29 is 14.0 Å². The van der Waals surface area contributed by atoms with E-state index in [1.807, 2.05) is 0 Å². The lowest BCUT2D eigenvalue weighted by molar-refractivity contribution is -0.117. The van der Waals surface area contributed by atoms with Crippen LogP contribution >= 0.6 is 0 Å².